The summed E-state index contributed by atoms with van der Waals surface area (Å²) in [5, 5.41) is 17.5. The highest BCUT2D eigenvalue weighted by atomic mass is 16.5. The van der Waals surface area contributed by atoms with Crippen LogP contribution < -0.4 is 14.8 Å². The molecule has 2 N–H and O–H groups in total. The third-order valence-corrected chi connectivity index (χ3v) is 4.80. The first-order chi connectivity index (χ1) is 15.1. The van der Waals surface area contributed by atoms with Crippen molar-refractivity contribution < 1.29 is 19.4 Å². The zero-order valence-electron chi connectivity index (χ0n) is 17.1. The molecule has 0 atom stereocenters. The summed E-state index contributed by atoms with van der Waals surface area (Å²) < 4.78 is 12.4. The second kappa shape index (κ2) is 8.62. The Morgan fingerprint density at radius 2 is 1.71 bits per heavy atom. The highest BCUT2D eigenvalue weighted by Gasteiger charge is 2.22. The van der Waals surface area contributed by atoms with E-state index in [9.17, 15) is 9.90 Å². The second-order valence-electron chi connectivity index (χ2n) is 6.71. The van der Waals surface area contributed by atoms with Crippen LogP contribution in [0.2, 0.25) is 0 Å². The van der Waals surface area contributed by atoms with Gasteiger partial charge in [0.25, 0.3) is 5.91 Å². The first kappa shape index (κ1) is 20.0. The summed E-state index contributed by atoms with van der Waals surface area (Å²) in [7, 11) is 3.12. The fourth-order valence-electron chi connectivity index (χ4n) is 3.22. The van der Waals surface area contributed by atoms with Gasteiger partial charge in [-0.3, -0.25) is 4.79 Å². The van der Waals surface area contributed by atoms with E-state index in [0.29, 0.717) is 34.0 Å². The van der Waals surface area contributed by atoms with Crippen molar-refractivity contribution in [3.63, 3.8) is 0 Å². The lowest BCUT2D eigenvalue weighted by atomic mass is 10.1. The van der Waals surface area contributed by atoms with Gasteiger partial charge in [0.15, 0.2) is 0 Å². The van der Waals surface area contributed by atoms with Crippen molar-refractivity contribution in [1.82, 2.24) is 9.78 Å². The SMILES string of the molecule is COc1ccc(-c2nn(-c3ccccc3)cc2C(=O)Nc2ccccc2O)c(OC)c1. The highest BCUT2D eigenvalue weighted by Crippen LogP contribution is 2.35. The molecule has 1 aromatic heterocycles. The van der Waals surface area contributed by atoms with Crippen LogP contribution in [0.5, 0.6) is 17.2 Å². The Morgan fingerprint density at radius 3 is 2.42 bits per heavy atom. The number of nitrogens with zero attached hydrogens (tertiary/aromatic N) is 2. The topological polar surface area (TPSA) is 85.6 Å². The van der Waals surface area contributed by atoms with Crippen LogP contribution in [-0.2, 0) is 0 Å². The molecule has 31 heavy (non-hydrogen) atoms. The number of para-hydroxylation sites is 3. The van der Waals surface area contributed by atoms with Crippen molar-refractivity contribution in [2.75, 3.05) is 19.5 Å². The lowest BCUT2D eigenvalue weighted by Gasteiger charge is -2.11. The van der Waals surface area contributed by atoms with Gasteiger partial charge in [-0.1, -0.05) is 30.3 Å². The maximum atomic E-state index is 13.2. The number of amides is 1. The molecule has 4 rings (SSSR count). The van der Waals surface area contributed by atoms with Gasteiger partial charge in [-0.25, -0.2) is 4.68 Å². The van der Waals surface area contributed by atoms with Crippen molar-refractivity contribution in [2.45, 2.75) is 0 Å². The smallest absolute Gasteiger partial charge is 0.259 e. The number of carbonyl (C=O) groups is 1. The zero-order valence-corrected chi connectivity index (χ0v) is 17.1. The van der Waals surface area contributed by atoms with Gasteiger partial charge in [0, 0.05) is 17.8 Å². The number of phenolic OH excluding ortho intramolecular Hbond substituents is 1. The molecule has 0 unspecified atom stereocenters. The van der Waals surface area contributed by atoms with Gasteiger partial charge < -0.3 is 19.9 Å². The molecule has 0 saturated heterocycles. The van der Waals surface area contributed by atoms with Crippen LogP contribution in [0.1, 0.15) is 10.4 Å². The van der Waals surface area contributed by atoms with Gasteiger partial charge in [-0.2, -0.15) is 5.10 Å². The number of hydrogen-bond acceptors (Lipinski definition) is 5. The lowest BCUT2D eigenvalue weighted by molar-refractivity contribution is 0.102. The van der Waals surface area contributed by atoms with Gasteiger partial charge in [0.05, 0.1) is 31.2 Å². The Hall–Kier alpha value is -4.26. The van der Waals surface area contributed by atoms with Gasteiger partial charge in [-0.05, 0) is 36.4 Å². The number of phenols is 1. The summed E-state index contributed by atoms with van der Waals surface area (Å²) in [5.41, 5.74) is 2.53. The van der Waals surface area contributed by atoms with Crippen LogP contribution in [0.3, 0.4) is 0 Å². The maximum absolute atomic E-state index is 13.2. The summed E-state index contributed by atoms with van der Waals surface area (Å²) in [5.74, 6) is 0.726. The minimum atomic E-state index is -0.406. The van der Waals surface area contributed by atoms with E-state index in [-0.39, 0.29) is 5.75 Å². The molecule has 1 amide bonds. The van der Waals surface area contributed by atoms with E-state index in [1.807, 2.05) is 30.3 Å². The normalized spacial score (nSPS) is 10.5. The quantitative estimate of drug-likeness (QED) is 0.453. The van der Waals surface area contributed by atoms with Crippen LogP contribution in [0.15, 0.2) is 79.0 Å². The van der Waals surface area contributed by atoms with Crippen LogP contribution in [0, 0.1) is 0 Å². The zero-order chi connectivity index (χ0) is 21.8. The van der Waals surface area contributed by atoms with Crippen molar-refractivity contribution in [1.29, 1.82) is 0 Å². The van der Waals surface area contributed by atoms with Gasteiger partial charge >= 0.3 is 0 Å². The fourth-order valence-corrected chi connectivity index (χ4v) is 3.22. The molecule has 4 aromatic rings. The van der Waals surface area contributed by atoms with Crippen molar-refractivity contribution in [2.24, 2.45) is 0 Å². The molecule has 1 heterocycles. The lowest BCUT2D eigenvalue weighted by Crippen LogP contribution is -2.12. The minimum absolute atomic E-state index is 0.0186. The number of anilines is 1. The van der Waals surface area contributed by atoms with E-state index < -0.39 is 5.91 Å². The van der Waals surface area contributed by atoms with Crippen molar-refractivity contribution in [3.8, 4) is 34.2 Å². The van der Waals surface area contributed by atoms with Crippen molar-refractivity contribution in [3.05, 3.63) is 84.6 Å². The van der Waals surface area contributed by atoms with E-state index in [1.54, 1.807) is 61.5 Å². The van der Waals surface area contributed by atoms with E-state index in [1.165, 1.54) is 6.07 Å². The van der Waals surface area contributed by atoms with Crippen LogP contribution in [0.4, 0.5) is 5.69 Å². The third-order valence-electron chi connectivity index (χ3n) is 4.80. The Labute approximate surface area is 179 Å². The average molecular weight is 415 g/mol. The van der Waals surface area contributed by atoms with Crippen molar-refractivity contribution >= 4 is 11.6 Å². The summed E-state index contributed by atoms with van der Waals surface area (Å²) in [6, 6.07) is 21.4. The Bertz CT molecular complexity index is 1220. The number of ether oxygens (including phenoxy) is 2. The Morgan fingerprint density at radius 1 is 0.968 bits per heavy atom. The highest BCUT2D eigenvalue weighted by molar-refractivity contribution is 6.09. The molecule has 3 aromatic carbocycles. The third kappa shape index (κ3) is 4.06. The molecule has 0 bridgehead atoms. The van der Waals surface area contributed by atoms with Crippen LogP contribution in [0.25, 0.3) is 16.9 Å². The summed E-state index contributed by atoms with van der Waals surface area (Å²) in [6.45, 7) is 0. The van der Waals surface area contributed by atoms with Gasteiger partial charge in [-0.15, -0.1) is 0 Å². The molecule has 0 spiro atoms. The summed E-state index contributed by atoms with van der Waals surface area (Å²) >= 11 is 0. The van der Waals surface area contributed by atoms with Crippen LogP contribution >= 0.6 is 0 Å². The number of carbonyl (C=O) groups excluding carboxylic acids is 1. The van der Waals surface area contributed by atoms with Crippen LogP contribution in [-0.4, -0.2) is 35.0 Å². The number of aromatic nitrogens is 2. The standard InChI is InChI=1S/C24H21N3O4/c1-30-17-12-13-18(22(14-17)31-2)23-19(15-27(26-23)16-8-4-3-5-9-16)24(29)25-20-10-6-7-11-21(20)28/h3-15,28H,1-2H3,(H,25,29). The minimum Gasteiger partial charge on any atom is -0.506 e. The molecule has 0 fully saturated rings. The molecule has 0 aliphatic heterocycles. The predicted octanol–water partition coefficient (Wildman–Crippen LogP) is 4.51. The molecule has 156 valence electrons. The molecule has 0 radical (unpaired) electrons. The second-order valence-corrected chi connectivity index (χ2v) is 6.71. The average Bonchev–Trinajstić information content (AvgIpc) is 3.26. The molecule has 0 aliphatic rings. The molecule has 7 heteroatoms. The maximum Gasteiger partial charge on any atom is 0.259 e. The van der Waals surface area contributed by atoms with E-state index in [0.717, 1.165) is 5.69 Å². The number of rotatable bonds is 6. The number of nitrogens with one attached hydrogen (secondary N) is 1. The molecular weight excluding hydrogens is 394 g/mol. The first-order valence-electron chi connectivity index (χ1n) is 9.57. The number of benzene rings is 3. The fraction of sp³-hybridized carbons (Fsp3) is 0.0833. The Balaban J connectivity index is 1.83. The Kier molecular flexibility index (Phi) is 5.57. The monoisotopic (exact) mass is 415 g/mol. The first-order valence-corrected chi connectivity index (χ1v) is 9.57. The van der Waals surface area contributed by atoms with E-state index in [4.69, 9.17) is 9.47 Å². The van der Waals surface area contributed by atoms with E-state index >= 15 is 0 Å². The molecule has 7 nitrogen and oxygen atoms in total. The number of aromatic hydroxyl groups is 1. The molecular formula is C24H21N3O4. The number of hydrogen-bond donors (Lipinski definition) is 2. The summed E-state index contributed by atoms with van der Waals surface area (Å²) in [6.07, 6.45) is 1.66. The number of methoxy groups -OCH3 is 2. The summed E-state index contributed by atoms with van der Waals surface area (Å²) in [4.78, 5) is 13.2. The van der Waals surface area contributed by atoms with Gasteiger partial charge in [0.2, 0.25) is 0 Å². The largest absolute Gasteiger partial charge is 0.506 e. The molecule has 0 saturated carbocycles. The predicted molar refractivity (Wildman–Crippen MR) is 118 cm³/mol. The molecule has 0 aliphatic carbocycles. The van der Waals surface area contributed by atoms with Gasteiger partial charge in [0.1, 0.15) is 22.9 Å². The van der Waals surface area contributed by atoms with E-state index in [2.05, 4.69) is 10.4 Å².